The van der Waals surface area contributed by atoms with Gasteiger partial charge >= 0.3 is 35.5 Å². The molecule has 0 spiro atoms. The van der Waals surface area contributed by atoms with Crippen molar-refractivity contribution in [3.05, 3.63) is 90.8 Å². The first kappa shape index (κ1) is 25.4. The van der Waals surface area contributed by atoms with Gasteiger partial charge in [-0.2, -0.15) is 0 Å². The summed E-state index contributed by atoms with van der Waals surface area (Å²) in [6.07, 6.45) is 1.99. The van der Waals surface area contributed by atoms with E-state index in [1.54, 1.807) is 7.11 Å². The molecule has 0 aliphatic rings. The molecule has 0 aliphatic heterocycles. The minimum atomic E-state index is -0.822. The second-order valence-corrected chi connectivity index (χ2v) is 8.02. The Hall–Kier alpha value is -3.65. The Labute approximate surface area is 230 Å². The number of hydrogen-bond donors (Lipinski definition) is 2. The summed E-state index contributed by atoms with van der Waals surface area (Å²) in [5.74, 6) is 1.24. The van der Waals surface area contributed by atoms with Crippen molar-refractivity contribution >= 4 is 58.1 Å². The van der Waals surface area contributed by atoms with Crippen LogP contribution in [0.2, 0.25) is 0 Å². The van der Waals surface area contributed by atoms with Gasteiger partial charge in [0.05, 0.1) is 12.5 Å². The van der Waals surface area contributed by atoms with Crippen LogP contribution in [0.4, 0.5) is 11.5 Å². The number of nitrogens with zero attached hydrogens (tertiary/aromatic N) is 2. The molecule has 8 heteroatoms. The molecule has 0 saturated heterocycles. The van der Waals surface area contributed by atoms with Crippen molar-refractivity contribution in [2.24, 2.45) is 0 Å². The SMILES string of the molecule is COc1ccc(-c2c(-c3ccccc3)oc3ncnc(Nc4cccc(CCC(=O)O)c4)c23)cc1.[NaH]. The van der Waals surface area contributed by atoms with Gasteiger partial charge in [-0.05, 0) is 41.8 Å². The first-order chi connectivity index (χ1) is 17.1. The number of carboxylic acids is 1. The standard InChI is InChI=1S/C28H23N3O4.Na.H/c1-34-22-13-11-19(12-14-22)24-25-27(31-21-9-5-6-18(16-21)10-15-23(32)33)29-17-30-28(25)35-26(24)20-7-3-2-4-8-20;;/h2-9,11-14,16-17H,10,15H2,1H3,(H,32,33)(H,29,30,31);;. The van der Waals surface area contributed by atoms with Crippen molar-refractivity contribution in [1.29, 1.82) is 0 Å². The molecule has 5 rings (SSSR count). The van der Waals surface area contributed by atoms with Gasteiger partial charge in [0.2, 0.25) is 5.71 Å². The third kappa shape index (κ3) is 5.44. The zero-order valence-electron chi connectivity index (χ0n) is 19.1. The van der Waals surface area contributed by atoms with Crippen LogP contribution in [0.1, 0.15) is 12.0 Å². The van der Waals surface area contributed by atoms with Crippen LogP contribution < -0.4 is 10.1 Å². The summed E-state index contributed by atoms with van der Waals surface area (Å²) in [5, 5.41) is 13.2. The Kier molecular flexibility index (Phi) is 8.05. The Balaban J connectivity index is 0.00000304. The maximum absolute atomic E-state index is 11.0. The van der Waals surface area contributed by atoms with E-state index in [1.807, 2.05) is 78.9 Å². The number of ether oxygens (including phenoxy) is 1. The Morgan fingerprint density at radius 1 is 0.972 bits per heavy atom. The van der Waals surface area contributed by atoms with Gasteiger partial charge in [-0.15, -0.1) is 0 Å². The molecule has 0 radical (unpaired) electrons. The summed E-state index contributed by atoms with van der Waals surface area (Å²) in [6.45, 7) is 0. The first-order valence-electron chi connectivity index (χ1n) is 11.2. The van der Waals surface area contributed by atoms with Gasteiger partial charge < -0.3 is 19.6 Å². The third-order valence-corrected chi connectivity index (χ3v) is 5.72. The van der Waals surface area contributed by atoms with E-state index in [2.05, 4.69) is 15.3 Å². The quantitative estimate of drug-likeness (QED) is 0.271. The summed E-state index contributed by atoms with van der Waals surface area (Å²) in [4.78, 5) is 19.9. The maximum atomic E-state index is 11.0. The van der Waals surface area contributed by atoms with Crippen molar-refractivity contribution in [2.75, 3.05) is 12.4 Å². The monoisotopic (exact) mass is 489 g/mol. The number of anilines is 2. The number of carbonyl (C=O) groups is 1. The van der Waals surface area contributed by atoms with Crippen molar-refractivity contribution in [3.8, 4) is 28.2 Å². The van der Waals surface area contributed by atoms with Crippen LogP contribution in [-0.2, 0) is 11.2 Å². The van der Waals surface area contributed by atoms with E-state index in [-0.39, 0.29) is 36.0 Å². The molecule has 0 amide bonds. The van der Waals surface area contributed by atoms with E-state index < -0.39 is 5.97 Å². The molecule has 36 heavy (non-hydrogen) atoms. The second kappa shape index (κ2) is 11.4. The zero-order valence-corrected chi connectivity index (χ0v) is 19.1. The van der Waals surface area contributed by atoms with Crippen molar-refractivity contribution in [3.63, 3.8) is 0 Å². The molecule has 0 fully saturated rings. The van der Waals surface area contributed by atoms with Gasteiger partial charge in [0.25, 0.3) is 0 Å². The van der Waals surface area contributed by atoms with Gasteiger partial charge in [0.1, 0.15) is 23.7 Å². The van der Waals surface area contributed by atoms with Crippen LogP contribution in [0.15, 0.2) is 89.6 Å². The summed E-state index contributed by atoms with van der Waals surface area (Å²) in [6, 6.07) is 25.3. The number of carboxylic acid groups (broad SMARTS) is 1. The molecular weight excluding hydrogens is 465 g/mol. The zero-order chi connectivity index (χ0) is 24.2. The number of nitrogens with one attached hydrogen (secondary N) is 1. The van der Waals surface area contributed by atoms with Crippen LogP contribution in [0.3, 0.4) is 0 Å². The number of aliphatic carboxylic acids is 1. The molecule has 7 nitrogen and oxygen atoms in total. The fraction of sp³-hybridized carbons (Fsp3) is 0.107. The number of benzene rings is 3. The molecular formula is C28H24N3NaO4. The summed E-state index contributed by atoms with van der Waals surface area (Å²) >= 11 is 0. The van der Waals surface area contributed by atoms with Crippen LogP contribution in [0.25, 0.3) is 33.6 Å². The molecule has 0 bridgehead atoms. The summed E-state index contributed by atoms with van der Waals surface area (Å²) in [5.41, 5.74) is 4.94. The van der Waals surface area contributed by atoms with Crippen LogP contribution in [-0.4, -0.2) is 57.7 Å². The number of aromatic nitrogens is 2. The molecule has 5 aromatic rings. The molecule has 2 N–H and O–H groups in total. The number of methoxy groups -OCH3 is 1. The molecule has 2 aromatic heterocycles. The molecule has 176 valence electrons. The Morgan fingerprint density at radius 2 is 1.75 bits per heavy atom. The van der Waals surface area contributed by atoms with Crippen molar-refractivity contribution in [1.82, 2.24) is 9.97 Å². The topological polar surface area (TPSA) is 97.5 Å². The van der Waals surface area contributed by atoms with Gasteiger partial charge in [0, 0.05) is 23.2 Å². The van der Waals surface area contributed by atoms with Gasteiger partial charge in [-0.25, -0.2) is 9.97 Å². The van der Waals surface area contributed by atoms with E-state index in [0.717, 1.165) is 39.1 Å². The van der Waals surface area contributed by atoms with E-state index >= 15 is 0 Å². The predicted octanol–water partition coefficient (Wildman–Crippen LogP) is 5.68. The number of rotatable bonds is 8. The van der Waals surface area contributed by atoms with E-state index in [1.165, 1.54) is 6.33 Å². The summed E-state index contributed by atoms with van der Waals surface area (Å²) < 4.78 is 11.6. The first-order valence-corrected chi connectivity index (χ1v) is 11.2. The number of fused-ring (bicyclic) bond motifs is 1. The van der Waals surface area contributed by atoms with E-state index in [4.69, 9.17) is 14.3 Å². The number of hydrogen-bond acceptors (Lipinski definition) is 6. The normalized spacial score (nSPS) is 10.6. The van der Waals surface area contributed by atoms with E-state index in [0.29, 0.717) is 23.7 Å². The fourth-order valence-electron chi connectivity index (χ4n) is 4.05. The van der Waals surface area contributed by atoms with Gasteiger partial charge in [0.15, 0.2) is 0 Å². The fourth-order valence-corrected chi connectivity index (χ4v) is 4.05. The van der Waals surface area contributed by atoms with Crippen LogP contribution in [0, 0.1) is 0 Å². The Morgan fingerprint density at radius 3 is 2.47 bits per heavy atom. The average molecular weight is 490 g/mol. The summed E-state index contributed by atoms with van der Waals surface area (Å²) in [7, 11) is 1.64. The second-order valence-electron chi connectivity index (χ2n) is 8.02. The van der Waals surface area contributed by atoms with Crippen molar-refractivity contribution in [2.45, 2.75) is 12.8 Å². The van der Waals surface area contributed by atoms with E-state index in [9.17, 15) is 4.79 Å². The van der Waals surface area contributed by atoms with Crippen molar-refractivity contribution < 1.29 is 19.1 Å². The molecule has 0 aliphatic carbocycles. The average Bonchev–Trinajstić information content (AvgIpc) is 3.29. The molecule has 0 unspecified atom stereocenters. The predicted molar refractivity (Wildman–Crippen MR) is 142 cm³/mol. The molecule has 3 aromatic carbocycles. The van der Waals surface area contributed by atoms with Crippen LogP contribution >= 0.6 is 0 Å². The Bertz CT molecular complexity index is 1480. The molecule has 0 atom stereocenters. The number of furan rings is 1. The molecule has 0 saturated carbocycles. The number of aryl methyl sites for hydroxylation is 1. The minimum absolute atomic E-state index is 0. The van der Waals surface area contributed by atoms with Gasteiger partial charge in [-0.3, -0.25) is 4.79 Å². The molecule has 2 heterocycles. The van der Waals surface area contributed by atoms with Gasteiger partial charge in [-0.1, -0.05) is 54.6 Å². The van der Waals surface area contributed by atoms with Crippen LogP contribution in [0.5, 0.6) is 5.75 Å². The third-order valence-electron chi connectivity index (χ3n) is 5.72.